The SMILES string of the molecule is CCNC(=NCc1ccc(C#N)cc1)NC1CCN(Cc2ccccc2)C(C)C1.I. The molecule has 30 heavy (non-hydrogen) atoms. The van der Waals surface area contributed by atoms with Crippen LogP contribution in [0.4, 0.5) is 0 Å². The molecular weight excluding hydrogens is 485 g/mol. The van der Waals surface area contributed by atoms with Crippen LogP contribution in [0.2, 0.25) is 0 Å². The second-order valence-corrected chi connectivity index (χ2v) is 7.67. The van der Waals surface area contributed by atoms with Crippen molar-refractivity contribution in [2.24, 2.45) is 4.99 Å². The zero-order valence-corrected chi connectivity index (χ0v) is 20.2. The van der Waals surface area contributed by atoms with Gasteiger partial charge in [0.25, 0.3) is 0 Å². The van der Waals surface area contributed by atoms with Crippen LogP contribution in [-0.2, 0) is 13.1 Å². The lowest BCUT2D eigenvalue weighted by atomic mass is 9.97. The van der Waals surface area contributed by atoms with E-state index in [9.17, 15) is 0 Å². The van der Waals surface area contributed by atoms with Crippen LogP contribution in [0.25, 0.3) is 0 Å². The van der Waals surface area contributed by atoms with Gasteiger partial charge in [0.1, 0.15) is 0 Å². The number of aliphatic imine (C=N–C) groups is 1. The van der Waals surface area contributed by atoms with E-state index >= 15 is 0 Å². The third-order valence-electron chi connectivity index (χ3n) is 5.43. The molecule has 0 saturated carbocycles. The molecule has 3 rings (SSSR count). The molecule has 160 valence electrons. The highest BCUT2D eigenvalue weighted by atomic mass is 127. The third-order valence-corrected chi connectivity index (χ3v) is 5.43. The van der Waals surface area contributed by atoms with E-state index in [-0.39, 0.29) is 24.0 Å². The molecule has 0 bridgehead atoms. The van der Waals surface area contributed by atoms with Crippen molar-refractivity contribution < 1.29 is 0 Å². The maximum absolute atomic E-state index is 8.92. The van der Waals surface area contributed by atoms with Crippen molar-refractivity contribution in [3.05, 3.63) is 71.3 Å². The standard InChI is InChI=1S/C24H31N5.HI/c1-3-26-24(27-17-21-11-9-20(16-25)10-12-21)28-23-13-14-29(19(2)15-23)18-22-7-5-4-6-8-22;/h4-12,19,23H,3,13-15,17-18H2,1-2H3,(H2,26,27,28);1H. The minimum absolute atomic E-state index is 0. The van der Waals surface area contributed by atoms with Crippen molar-refractivity contribution in [2.75, 3.05) is 13.1 Å². The number of piperidine rings is 1. The van der Waals surface area contributed by atoms with Crippen molar-refractivity contribution in [2.45, 2.75) is 51.9 Å². The second kappa shape index (κ2) is 12.6. The normalized spacial score (nSPS) is 19.4. The molecule has 1 fully saturated rings. The maximum atomic E-state index is 8.92. The number of nitriles is 1. The van der Waals surface area contributed by atoms with Crippen molar-refractivity contribution in [1.82, 2.24) is 15.5 Å². The van der Waals surface area contributed by atoms with Crippen LogP contribution >= 0.6 is 24.0 Å². The Bertz CT molecular complexity index is 829. The lowest BCUT2D eigenvalue weighted by Crippen LogP contribution is -2.51. The second-order valence-electron chi connectivity index (χ2n) is 7.67. The molecule has 2 atom stereocenters. The van der Waals surface area contributed by atoms with Crippen molar-refractivity contribution in [1.29, 1.82) is 5.26 Å². The first-order chi connectivity index (χ1) is 14.2. The molecule has 0 aromatic heterocycles. The van der Waals surface area contributed by atoms with E-state index < -0.39 is 0 Å². The van der Waals surface area contributed by atoms with Gasteiger partial charge in [-0.2, -0.15) is 5.26 Å². The van der Waals surface area contributed by atoms with Crippen LogP contribution in [0.5, 0.6) is 0 Å². The van der Waals surface area contributed by atoms with Crippen LogP contribution in [0.1, 0.15) is 43.4 Å². The number of guanidine groups is 1. The van der Waals surface area contributed by atoms with E-state index in [1.165, 1.54) is 5.56 Å². The van der Waals surface area contributed by atoms with Gasteiger partial charge in [-0.05, 0) is 49.9 Å². The molecule has 1 heterocycles. The Morgan fingerprint density at radius 1 is 1.13 bits per heavy atom. The molecule has 1 saturated heterocycles. The molecule has 5 nitrogen and oxygen atoms in total. The van der Waals surface area contributed by atoms with E-state index in [0.29, 0.717) is 24.2 Å². The van der Waals surface area contributed by atoms with Crippen LogP contribution in [-0.4, -0.2) is 36.0 Å². The van der Waals surface area contributed by atoms with Crippen LogP contribution < -0.4 is 10.6 Å². The van der Waals surface area contributed by atoms with Gasteiger partial charge < -0.3 is 10.6 Å². The largest absolute Gasteiger partial charge is 0.357 e. The molecule has 0 radical (unpaired) electrons. The smallest absolute Gasteiger partial charge is 0.191 e. The van der Waals surface area contributed by atoms with E-state index in [4.69, 9.17) is 10.3 Å². The van der Waals surface area contributed by atoms with Crippen LogP contribution in [0.15, 0.2) is 59.6 Å². The number of benzene rings is 2. The van der Waals surface area contributed by atoms with Crippen LogP contribution in [0, 0.1) is 11.3 Å². The Labute approximate surface area is 197 Å². The number of hydrogen-bond acceptors (Lipinski definition) is 3. The summed E-state index contributed by atoms with van der Waals surface area (Å²) >= 11 is 0. The molecule has 1 aliphatic heterocycles. The first-order valence-corrected chi connectivity index (χ1v) is 10.5. The summed E-state index contributed by atoms with van der Waals surface area (Å²) in [5, 5.41) is 15.9. The van der Waals surface area contributed by atoms with Crippen LogP contribution in [0.3, 0.4) is 0 Å². The Hall–Kier alpha value is -2.11. The first-order valence-electron chi connectivity index (χ1n) is 10.5. The van der Waals surface area contributed by atoms with E-state index in [2.05, 4.69) is 65.8 Å². The quantitative estimate of drug-likeness (QED) is 0.341. The fraction of sp³-hybridized carbons (Fsp3) is 0.417. The highest BCUT2D eigenvalue weighted by Crippen LogP contribution is 2.20. The van der Waals surface area contributed by atoms with Gasteiger partial charge in [0.2, 0.25) is 0 Å². The molecule has 2 unspecified atom stereocenters. The summed E-state index contributed by atoms with van der Waals surface area (Å²) in [6.07, 6.45) is 2.21. The molecular formula is C24H32IN5. The molecule has 2 N–H and O–H groups in total. The summed E-state index contributed by atoms with van der Waals surface area (Å²) in [5.41, 5.74) is 3.16. The average Bonchev–Trinajstić information content (AvgIpc) is 2.75. The van der Waals surface area contributed by atoms with Gasteiger partial charge in [0.05, 0.1) is 18.2 Å². The lowest BCUT2D eigenvalue weighted by molar-refractivity contribution is 0.134. The Balaban J connectivity index is 0.00000320. The first kappa shape index (κ1) is 24.2. The Kier molecular flexibility index (Phi) is 10.1. The van der Waals surface area contributed by atoms with E-state index in [1.807, 2.05) is 24.3 Å². The highest BCUT2D eigenvalue weighted by molar-refractivity contribution is 14.0. The Morgan fingerprint density at radius 2 is 1.87 bits per heavy atom. The molecule has 0 spiro atoms. The van der Waals surface area contributed by atoms with Gasteiger partial charge in [0.15, 0.2) is 5.96 Å². The zero-order valence-electron chi connectivity index (χ0n) is 17.8. The monoisotopic (exact) mass is 517 g/mol. The minimum atomic E-state index is 0. The number of hydrogen-bond donors (Lipinski definition) is 2. The third kappa shape index (κ3) is 7.29. The van der Waals surface area contributed by atoms with Gasteiger partial charge in [-0.25, -0.2) is 4.99 Å². The molecule has 0 amide bonds. The summed E-state index contributed by atoms with van der Waals surface area (Å²) in [7, 11) is 0. The van der Waals surface area contributed by atoms with Gasteiger partial charge in [-0.3, -0.25) is 4.90 Å². The fourth-order valence-electron chi connectivity index (χ4n) is 3.77. The molecule has 2 aromatic rings. The summed E-state index contributed by atoms with van der Waals surface area (Å²) in [6, 6.07) is 21.4. The predicted molar refractivity (Wildman–Crippen MR) is 134 cm³/mol. The minimum Gasteiger partial charge on any atom is -0.357 e. The molecule has 6 heteroatoms. The number of rotatable bonds is 6. The van der Waals surface area contributed by atoms with Gasteiger partial charge in [0, 0.05) is 31.7 Å². The fourth-order valence-corrected chi connectivity index (χ4v) is 3.77. The number of nitrogens with zero attached hydrogens (tertiary/aromatic N) is 3. The van der Waals surface area contributed by atoms with Crippen molar-refractivity contribution in [3.63, 3.8) is 0 Å². The topological polar surface area (TPSA) is 63.5 Å². The molecule has 0 aliphatic carbocycles. The van der Waals surface area contributed by atoms with Crippen molar-refractivity contribution >= 4 is 29.9 Å². The summed E-state index contributed by atoms with van der Waals surface area (Å²) in [6.45, 7) is 7.94. The number of likely N-dealkylation sites (tertiary alicyclic amines) is 1. The number of nitrogens with one attached hydrogen (secondary N) is 2. The summed E-state index contributed by atoms with van der Waals surface area (Å²) in [4.78, 5) is 7.31. The molecule has 2 aromatic carbocycles. The van der Waals surface area contributed by atoms with Gasteiger partial charge >= 0.3 is 0 Å². The predicted octanol–water partition coefficient (Wildman–Crippen LogP) is 4.28. The Morgan fingerprint density at radius 3 is 2.50 bits per heavy atom. The van der Waals surface area contributed by atoms with Gasteiger partial charge in [-0.15, -0.1) is 24.0 Å². The molecule has 1 aliphatic rings. The van der Waals surface area contributed by atoms with Crippen molar-refractivity contribution in [3.8, 4) is 6.07 Å². The highest BCUT2D eigenvalue weighted by Gasteiger charge is 2.25. The van der Waals surface area contributed by atoms with E-state index in [1.54, 1.807) is 0 Å². The summed E-state index contributed by atoms with van der Waals surface area (Å²) < 4.78 is 0. The summed E-state index contributed by atoms with van der Waals surface area (Å²) in [5.74, 6) is 0.866. The maximum Gasteiger partial charge on any atom is 0.191 e. The zero-order chi connectivity index (χ0) is 20.5. The lowest BCUT2D eigenvalue weighted by Gasteiger charge is -2.38. The number of halogens is 1. The van der Waals surface area contributed by atoms with Gasteiger partial charge in [-0.1, -0.05) is 42.5 Å². The van der Waals surface area contributed by atoms with E-state index in [0.717, 1.165) is 44.0 Å². The average molecular weight is 517 g/mol.